The van der Waals surface area contributed by atoms with Crippen LogP contribution in [0.4, 0.5) is 0 Å². The van der Waals surface area contributed by atoms with Crippen LogP contribution in [0.5, 0.6) is 0 Å². The SMILES string of the molecule is CNC(CCSC)c1cc2cc(C)ccc2o1. The van der Waals surface area contributed by atoms with E-state index in [1.165, 1.54) is 10.9 Å². The van der Waals surface area contributed by atoms with Gasteiger partial charge in [-0.1, -0.05) is 11.6 Å². The number of aryl methyl sites for hydroxylation is 1. The highest BCUT2D eigenvalue weighted by atomic mass is 32.2. The average Bonchev–Trinajstić information content (AvgIpc) is 2.72. The Bertz CT molecular complexity index is 492. The van der Waals surface area contributed by atoms with Crippen molar-refractivity contribution in [2.24, 2.45) is 0 Å². The van der Waals surface area contributed by atoms with Gasteiger partial charge in [0, 0.05) is 5.39 Å². The molecule has 1 heterocycles. The summed E-state index contributed by atoms with van der Waals surface area (Å²) in [7, 11) is 1.99. The van der Waals surface area contributed by atoms with Crippen LogP contribution in [0.2, 0.25) is 0 Å². The molecular formula is C14H19NOS. The van der Waals surface area contributed by atoms with Crippen LogP contribution >= 0.6 is 11.8 Å². The first kappa shape index (κ1) is 12.5. The lowest BCUT2D eigenvalue weighted by molar-refractivity contribution is 0.446. The molecule has 0 amide bonds. The van der Waals surface area contributed by atoms with Gasteiger partial charge in [-0.2, -0.15) is 11.8 Å². The zero-order valence-corrected chi connectivity index (χ0v) is 11.4. The minimum Gasteiger partial charge on any atom is -0.459 e. The summed E-state index contributed by atoms with van der Waals surface area (Å²) in [5, 5.41) is 4.52. The molecule has 1 aromatic carbocycles. The normalized spacial score (nSPS) is 13.1. The summed E-state index contributed by atoms with van der Waals surface area (Å²) in [4.78, 5) is 0. The summed E-state index contributed by atoms with van der Waals surface area (Å²) in [5.74, 6) is 2.18. The molecule has 92 valence electrons. The van der Waals surface area contributed by atoms with Crippen LogP contribution in [-0.4, -0.2) is 19.1 Å². The second kappa shape index (κ2) is 5.61. The van der Waals surface area contributed by atoms with Crippen molar-refractivity contribution >= 4 is 22.7 Å². The molecule has 0 aliphatic heterocycles. The molecule has 0 radical (unpaired) electrons. The lowest BCUT2D eigenvalue weighted by Crippen LogP contribution is -2.16. The van der Waals surface area contributed by atoms with Crippen molar-refractivity contribution in [1.82, 2.24) is 5.32 Å². The van der Waals surface area contributed by atoms with Crippen LogP contribution in [-0.2, 0) is 0 Å². The molecule has 3 heteroatoms. The fourth-order valence-electron chi connectivity index (χ4n) is 2.02. The highest BCUT2D eigenvalue weighted by Crippen LogP contribution is 2.26. The molecule has 17 heavy (non-hydrogen) atoms. The molecule has 1 N–H and O–H groups in total. The Kier molecular flexibility index (Phi) is 4.13. The molecule has 0 aliphatic carbocycles. The number of rotatable bonds is 5. The summed E-state index contributed by atoms with van der Waals surface area (Å²) in [6, 6.07) is 8.78. The second-order valence-corrected chi connectivity index (χ2v) is 5.30. The van der Waals surface area contributed by atoms with Gasteiger partial charge in [-0.15, -0.1) is 0 Å². The average molecular weight is 249 g/mol. The van der Waals surface area contributed by atoms with E-state index < -0.39 is 0 Å². The van der Waals surface area contributed by atoms with E-state index in [-0.39, 0.29) is 0 Å². The first-order valence-corrected chi connectivity index (χ1v) is 7.30. The number of nitrogens with one attached hydrogen (secondary N) is 1. The Morgan fingerprint density at radius 2 is 2.18 bits per heavy atom. The lowest BCUT2D eigenvalue weighted by Gasteiger charge is -2.11. The maximum Gasteiger partial charge on any atom is 0.134 e. The van der Waals surface area contributed by atoms with Gasteiger partial charge in [0.25, 0.3) is 0 Å². The van der Waals surface area contributed by atoms with Gasteiger partial charge >= 0.3 is 0 Å². The third-order valence-corrected chi connectivity index (χ3v) is 3.64. The Morgan fingerprint density at radius 1 is 1.35 bits per heavy atom. The topological polar surface area (TPSA) is 25.2 Å². The van der Waals surface area contributed by atoms with Crippen LogP contribution < -0.4 is 5.32 Å². The largest absolute Gasteiger partial charge is 0.459 e. The van der Waals surface area contributed by atoms with Crippen LogP contribution in [0.1, 0.15) is 23.8 Å². The Morgan fingerprint density at radius 3 is 2.88 bits per heavy atom. The summed E-state index contributed by atoms with van der Waals surface area (Å²) in [5.41, 5.74) is 2.25. The predicted octanol–water partition coefficient (Wildman–Crippen LogP) is 3.75. The summed E-state index contributed by atoms with van der Waals surface area (Å²) in [6.45, 7) is 2.11. The van der Waals surface area contributed by atoms with Gasteiger partial charge in [0.2, 0.25) is 0 Å². The van der Waals surface area contributed by atoms with Crippen LogP contribution in [0.3, 0.4) is 0 Å². The molecule has 0 bridgehead atoms. The highest BCUT2D eigenvalue weighted by molar-refractivity contribution is 7.98. The van der Waals surface area contributed by atoms with Gasteiger partial charge in [-0.25, -0.2) is 0 Å². The Hall–Kier alpha value is -0.930. The van der Waals surface area contributed by atoms with Gasteiger partial charge in [0.1, 0.15) is 11.3 Å². The predicted molar refractivity (Wildman–Crippen MR) is 75.8 cm³/mol. The molecule has 1 atom stereocenters. The van der Waals surface area contributed by atoms with Crippen LogP contribution in [0.15, 0.2) is 28.7 Å². The summed E-state index contributed by atoms with van der Waals surface area (Å²) < 4.78 is 5.90. The molecule has 0 aliphatic rings. The number of thioether (sulfide) groups is 1. The maximum atomic E-state index is 5.90. The molecule has 2 aromatic rings. The number of furan rings is 1. The Balaban J connectivity index is 2.27. The van der Waals surface area contributed by atoms with Crippen molar-refractivity contribution in [3.63, 3.8) is 0 Å². The third kappa shape index (κ3) is 2.85. The summed E-state index contributed by atoms with van der Waals surface area (Å²) in [6.07, 6.45) is 3.23. The number of hydrogen-bond donors (Lipinski definition) is 1. The van der Waals surface area contributed by atoms with Gasteiger partial charge in [0.15, 0.2) is 0 Å². The Labute approximate surface area is 107 Å². The van der Waals surface area contributed by atoms with E-state index in [1.807, 2.05) is 18.8 Å². The summed E-state index contributed by atoms with van der Waals surface area (Å²) >= 11 is 1.87. The van der Waals surface area contributed by atoms with Crippen molar-refractivity contribution in [3.8, 4) is 0 Å². The van der Waals surface area contributed by atoms with Gasteiger partial charge in [-0.3, -0.25) is 0 Å². The van der Waals surface area contributed by atoms with Crippen molar-refractivity contribution in [3.05, 3.63) is 35.6 Å². The molecule has 0 fully saturated rings. The lowest BCUT2D eigenvalue weighted by atomic mass is 10.1. The second-order valence-electron chi connectivity index (χ2n) is 4.31. The number of fused-ring (bicyclic) bond motifs is 1. The monoisotopic (exact) mass is 249 g/mol. The minimum atomic E-state index is 0.315. The molecule has 2 rings (SSSR count). The van der Waals surface area contributed by atoms with E-state index in [2.05, 4.69) is 42.8 Å². The van der Waals surface area contributed by atoms with Gasteiger partial charge in [0.05, 0.1) is 6.04 Å². The van der Waals surface area contributed by atoms with E-state index in [9.17, 15) is 0 Å². The van der Waals surface area contributed by atoms with Crippen molar-refractivity contribution in [2.45, 2.75) is 19.4 Å². The molecule has 0 spiro atoms. The van der Waals surface area contributed by atoms with Crippen LogP contribution in [0.25, 0.3) is 11.0 Å². The standard InChI is InChI=1S/C14H19NOS/c1-10-4-5-13-11(8-10)9-14(16-13)12(15-2)6-7-17-3/h4-5,8-9,12,15H,6-7H2,1-3H3. The highest BCUT2D eigenvalue weighted by Gasteiger charge is 2.13. The molecular weight excluding hydrogens is 230 g/mol. The molecule has 1 aromatic heterocycles. The quantitative estimate of drug-likeness (QED) is 0.873. The molecule has 0 saturated carbocycles. The first-order valence-electron chi connectivity index (χ1n) is 5.91. The van der Waals surface area contributed by atoms with E-state index in [1.54, 1.807) is 0 Å². The van der Waals surface area contributed by atoms with E-state index in [4.69, 9.17) is 4.42 Å². The first-order chi connectivity index (χ1) is 8.24. The van der Waals surface area contributed by atoms with Crippen LogP contribution in [0, 0.1) is 6.92 Å². The number of hydrogen-bond acceptors (Lipinski definition) is 3. The third-order valence-electron chi connectivity index (χ3n) is 2.99. The fraction of sp³-hybridized carbons (Fsp3) is 0.429. The van der Waals surface area contributed by atoms with E-state index >= 15 is 0 Å². The van der Waals surface area contributed by atoms with E-state index in [0.29, 0.717) is 6.04 Å². The number of benzene rings is 1. The van der Waals surface area contributed by atoms with Gasteiger partial charge in [-0.05, 0) is 50.6 Å². The molecule has 0 saturated heterocycles. The van der Waals surface area contributed by atoms with Crippen molar-refractivity contribution < 1.29 is 4.42 Å². The zero-order valence-electron chi connectivity index (χ0n) is 10.6. The zero-order chi connectivity index (χ0) is 12.3. The van der Waals surface area contributed by atoms with Gasteiger partial charge < -0.3 is 9.73 Å². The minimum absolute atomic E-state index is 0.315. The maximum absolute atomic E-state index is 5.90. The van der Waals surface area contributed by atoms with Crippen molar-refractivity contribution in [2.75, 3.05) is 19.1 Å². The molecule has 1 unspecified atom stereocenters. The fourth-order valence-corrected chi connectivity index (χ4v) is 2.49. The molecule has 2 nitrogen and oxygen atoms in total. The van der Waals surface area contributed by atoms with Crippen molar-refractivity contribution in [1.29, 1.82) is 0 Å². The smallest absolute Gasteiger partial charge is 0.134 e. The van der Waals surface area contributed by atoms with E-state index in [0.717, 1.165) is 23.5 Å².